The smallest absolute Gasteiger partial charge is 0.122 e. The van der Waals surface area contributed by atoms with E-state index in [1.165, 1.54) is 0 Å². The maximum atomic E-state index is 5.64. The normalized spacial score (nSPS) is 10.9. The van der Waals surface area contributed by atoms with E-state index in [1.807, 2.05) is 13.8 Å². The van der Waals surface area contributed by atoms with Gasteiger partial charge in [0.15, 0.2) is 0 Å². The van der Waals surface area contributed by atoms with E-state index in [2.05, 4.69) is 62.4 Å². The molecule has 0 saturated heterocycles. The average molecular weight is 296 g/mol. The maximum Gasteiger partial charge on any atom is 0.122 e. The molecule has 2 heteroatoms. The van der Waals surface area contributed by atoms with E-state index in [9.17, 15) is 0 Å². The number of ether oxygens (including phenoxy) is 2. The lowest BCUT2D eigenvalue weighted by atomic mass is 10.1. The highest BCUT2D eigenvalue weighted by Gasteiger charge is 2.01. The first kappa shape index (κ1) is 16.2. The van der Waals surface area contributed by atoms with Gasteiger partial charge in [-0.1, -0.05) is 36.4 Å². The second-order valence-corrected chi connectivity index (χ2v) is 5.25. The van der Waals surface area contributed by atoms with Gasteiger partial charge in [-0.3, -0.25) is 0 Å². The van der Waals surface area contributed by atoms with Crippen LogP contribution < -0.4 is 9.47 Å². The van der Waals surface area contributed by atoms with Crippen LogP contribution in [0.2, 0.25) is 0 Å². The molecule has 0 heterocycles. The molecule has 0 amide bonds. The van der Waals surface area contributed by atoms with Gasteiger partial charge in [-0.05, 0) is 62.1 Å². The number of hydrogen-bond acceptors (Lipinski definition) is 2. The van der Waals surface area contributed by atoms with Gasteiger partial charge in [0.1, 0.15) is 11.5 Å². The largest absolute Gasteiger partial charge is 0.494 e. The Morgan fingerprint density at radius 2 is 1.14 bits per heavy atom. The van der Waals surface area contributed by atoms with Gasteiger partial charge in [0.05, 0.1) is 13.2 Å². The van der Waals surface area contributed by atoms with Crippen molar-refractivity contribution in [3.63, 3.8) is 0 Å². The van der Waals surface area contributed by atoms with E-state index >= 15 is 0 Å². The molecule has 0 aliphatic carbocycles. The highest BCUT2D eigenvalue weighted by Crippen LogP contribution is 2.23. The Hall–Kier alpha value is -2.22. The monoisotopic (exact) mass is 296 g/mol. The zero-order valence-corrected chi connectivity index (χ0v) is 13.8. The Morgan fingerprint density at radius 3 is 1.50 bits per heavy atom. The number of hydrogen-bond donors (Lipinski definition) is 0. The molecule has 2 aromatic rings. The number of benzene rings is 2. The van der Waals surface area contributed by atoms with Crippen molar-refractivity contribution >= 4 is 12.2 Å². The Balaban J connectivity index is 2.21. The van der Waals surface area contributed by atoms with Crippen LogP contribution in [0.15, 0.2) is 36.4 Å². The van der Waals surface area contributed by atoms with E-state index < -0.39 is 0 Å². The van der Waals surface area contributed by atoms with E-state index in [0.717, 1.165) is 33.8 Å². The summed E-state index contributed by atoms with van der Waals surface area (Å²) in [6.07, 6.45) is 4.20. The van der Waals surface area contributed by atoms with E-state index in [0.29, 0.717) is 13.2 Å². The summed E-state index contributed by atoms with van der Waals surface area (Å²) in [4.78, 5) is 0. The molecular formula is C20H24O2. The van der Waals surface area contributed by atoms with Gasteiger partial charge in [0.25, 0.3) is 0 Å². The SMILES string of the molecule is CCOc1cc(C=Cc2ccc(C)c(OCC)c2)ccc1C. The minimum atomic E-state index is 0.684. The van der Waals surface area contributed by atoms with E-state index in [-0.39, 0.29) is 0 Å². The summed E-state index contributed by atoms with van der Waals surface area (Å²) >= 11 is 0. The third-order valence-electron chi connectivity index (χ3n) is 3.49. The van der Waals surface area contributed by atoms with Crippen molar-refractivity contribution in [2.75, 3.05) is 13.2 Å². The summed E-state index contributed by atoms with van der Waals surface area (Å²) in [5, 5.41) is 0. The second-order valence-electron chi connectivity index (χ2n) is 5.25. The van der Waals surface area contributed by atoms with Crippen LogP contribution in [0, 0.1) is 13.8 Å². The summed E-state index contributed by atoms with van der Waals surface area (Å²) in [6.45, 7) is 9.50. The fraction of sp³-hybridized carbons (Fsp3) is 0.300. The lowest BCUT2D eigenvalue weighted by Gasteiger charge is -2.08. The van der Waals surface area contributed by atoms with Gasteiger partial charge in [-0.2, -0.15) is 0 Å². The average Bonchev–Trinajstić information content (AvgIpc) is 2.51. The quantitative estimate of drug-likeness (QED) is 0.676. The van der Waals surface area contributed by atoms with Crippen molar-refractivity contribution < 1.29 is 9.47 Å². The van der Waals surface area contributed by atoms with Gasteiger partial charge in [0.2, 0.25) is 0 Å². The molecule has 0 unspecified atom stereocenters. The molecule has 0 fully saturated rings. The summed E-state index contributed by atoms with van der Waals surface area (Å²) in [5.41, 5.74) is 4.58. The predicted molar refractivity (Wildman–Crippen MR) is 93.6 cm³/mol. The van der Waals surface area contributed by atoms with Crippen molar-refractivity contribution in [1.29, 1.82) is 0 Å². The van der Waals surface area contributed by atoms with Crippen LogP contribution in [-0.4, -0.2) is 13.2 Å². The molecule has 0 aliphatic heterocycles. The van der Waals surface area contributed by atoms with Crippen LogP contribution in [0.1, 0.15) is 36.1 Å². The molecule has 0 radical (unpaired) electrons. The third kappa shape index (κ3) is 4.14. The van der Waals surface area contributed by atoms with E-state index in [4.69, 9.17) is 9.47 Å². The summed E-state index contributed by atoms with van der Waals surface area (Å²) in [7, 11) is 0. The molecule has 22 heavy (non-hydrogen) atoms. The first-order valence-corrected chi connectivity index (χ1v) is 7.79. The van der Waals surface area contributed by atoms with Gasteiger partial charge in [-0.25, -0.2) is 0 Å². The van der Waals surface area contributed by atoms with Crippen molar-refractivity contribution in [3.8, 4) is 11.5 Å². The Kier molecular flexibility index (Phi) is 5.65. The standard InChI is InChI=1S/C20H24O2/c1-5-21-19-13-17(9-7-15(19)3)11-12-18-10-8-16(4)20(14-18)22-6-2/h7-14H,5-6H2,1-4H3. The van der Waals surface area contributed by atoms with Crippen LogP contribution in [0.3, 0.4) is 0 Å². The maximum absolute atomic E-state index is 5.64. The zero-order valence-electron chi connectivity index (χ0n) is 13.8. The Labute approximate surface area is 133 Å². The molecular weight excluding hydrogens is 272 g/mol. The van der Waals surface area contributed by atoms with Crippen LogP contribution in [0.25, 0.3) is 12.2 Å². The first-order valence-electron chi connectivity index (χ1n) is 7.79. The fourth-order valence-corrected chi connectivity index (χ4v) is 2.26. The molecule has 2 rings (SSSR count). The minimum Gasteiger partial charge on any atom is -0.494 e. The Bertz CT molecular complexity index is 599. The highest BCUT2D eigenvalue weighted by atomic mass is 16.5. The number of aryl methyl sites for hydroxylation is 2. The van der Waals surface area contributed by atoms with Gasteiger partial charge >= 0.3 is 0 Å². The predicted octanol–water partition coefficient (Wildman–Crippen LogP) is 5.27. The molecule has 0 N–H and O–H groups in total. The van der Waals surface area contributed by atoms with E-state index in [1.54, 1.807) is 0 Å². The topological polar surface area (TPSA) is 18.5 Å². The summed E-state index contributed by atoms with van der Waals surface area (Å²) in [5.74, 6) is 1.90. The van der Waals surface area contributed by atoms with Crippen molar-refractivity contribution in [2.45, 2.75) is 27.7 Å². The molecule has 0 atom stereocenters. The fourth-order valence-electron chi connectivity index (χ4n) is 2.26. The highest BCUT2D eigenvalue weighted by molar-refractivity contribution is 5.71. The molecule has 116 valence electrons. The minimum absolute atomic E-state index is 0.684. The zero-order chi connectivity index (χ0) is 15.9. The van der Waals surface area contributed by atoms with Crippen molar-refractivity contribution in [3.05, 3.63) is 58.7 Å². The summed E-state index contributed by atoms with van der Waals surface area (Å²) in [6, 6.07) is 12.5. The van der Waals surface area contributed by atoms with Crippen LogP contribution in [-0.2, 0) is 0 Å². The molecule has 0 aliphatic rings. The molecule has 0 saturated carbocycles. The van der Waals surface area contributed by atoms with Gasteiger partial charge in [0, 0.05) is 0 Å². The van der Waals surface area contributed by atoms with Crippen LogP contribution >= 0.6 is 0 Å². The molecule has 2 nitrogen and oxygen atoms in total. The lowest BCUT2D eigenvalue weighted by Crippen LogP contribution is -1.94. The number of rotatable bonds is 6. The van der Waals surface area contributed by atoms with Crippen LogP contribution in [0.4, 0.5) is 0 Å². The van der Waals surface area contributed by atoms with Gasteiger partial charge in [-0.15, -0.1) is 0 Å². The van der Waals surface area contributed by atoms with Crippen LogP contribution in [0.5, 0.6) is 11.5 Å². The molecule has 0 aromatic heterocycles. The molecule has 0 bridgehead atoms. The van der Waals surface area contributed by atoms with Gasteiger partial charge < -0.3 is 9.47 Å². The molecule has 2 aromatic carbocycles. The Morgan fingerprint density at radius 1 is 0.727 bits per heavy atom. The third-order valence-corrected chi connectivity index (χ3v) is 3.49. The lowest BCUT2D eigenvalue weighted by molar-refractivity contribution is 0.337. The summed E-state index contributed by atoms with van der Waals surface area (Å²) < 4.78 is 11.3. The molecule has 0 spiro atoms. The van der Waals surface area contributed by atoms with Crippen molar-refractivity contribution in [2.24, 2.45) is 0 Å². The van der Waals surface area contributed by atoms with Crippen molar-refractivity contribution in [1.82, 2.24) is 0 Å². The first-order chi connectivity index (χ1) is 10.6. The second kappa shape index (κ2) is 7.69.